The molecule has 2 rings (SSSR count). The zero-order chi connectivity index (χ0) is 20.0. The van der Waals surface area contributed by atoms with Crippen LogP contribution in [0.2, 0.25) is 0 Å². The molecule has 0 spiro atoms. The molecule has 1 N–H and O–H groups in total. The van der Waals surface area contributed by atoms with Crippen LogP contribution in [0.5, 0.6) is 0 Å². The lowest BCUT2D eigenvalue weighted by Crippen LogP contribution is -2.37. The van der Waals surface area contributed by atoms with E-state index in [2.05, 4.69) is 5.32 Å². The molecule has 27 heavy (non-hydrogen) atoms. The summed E-state index contributed by atoms with van der Waals surface area (Å²) in [6.07, 6.45) is 0.411. The molecule has 1 aromatic carbocycles. The fraction of sp³-hybridized carbons (Fsp3) is 0.500. The normalized spacial score (nSPS) is 17.9. The highest BCUT2D eigenvalue weighted by Gasteiger charge is 2.30. The second-order valence-electron chi connectivity index (χ2n) is 6.80. The second-order valence-corrected chi connectivity index (χ2v) is 9.03. The van der Waals surface area contributed by atoms with Crippen molar-refractivity contribution in [1.82, 2.24) is 4.90 Å². The Labute approximate surface area is 158 Å². The maximum Gasteiger partial charge on any atom is 0.306 e. The van der Waals surface area contributed by atoms with Crippen molar-refractivity contribution in [1.29, 1.82) is 0 Å². The van der Waals surface area contributed by atoms with E-state index in [1.54, 1.807) is 12.1 Å². The molecule has 0 aliphatic carbocycles. The first-order valence-corrected chi connectivity index (χ1v) is 10.4. The summed E-state index contributed by atoms with van der Waals surface area (Å²) in [7, 11) is -1.62. The van der Waals surface area contributed by atoms with Crippen LogP contribution >= 0.6 is 0 Å². The van der Waals surface area contributed by atoms with E-state index in [4.69, 9.17) is 4.74 Å². The van der Waals surface area contributed by atoms with E-state index in [0.717, 1.165) is 10.5 Å². The van der Waals surface area contributed by atoms with Crippen LogP contribution in [0.15, 0.2) is 24.3 Å². The number of ether oxygens (including phenoxy) is 1. The Morgan fingerprint density at radius 2 is 1.89 bits per heavy atom. The van der Waals surface area contributed by atoms with E-state index in [1.165, 1.54) is 7.05 Å². The Bertz CT molecular complexity index is 804. The number of nitrogens with zero attached hydrogens (tertiary/aromatic N) is 1. The highest BCUT2D eigenvalue weighted by atomic mass is 32.2. The second kappa shape index (κ2) is 8.98. The molecule has 1 heterocycles. The fourth-order valence-electron chi connectivity index (χ4n) is 2.72. The molecular formula is C18H24N2O6S. The van der Waals surface area contributed by atoms with Crippen molar-refractivity contribution in [3.63, 3.8) is 0 Å². The summed E-state index contributed by atoms with van der Waals surface area (Å²) in [6.45, 7) is 1.28. The summed E-state index contributed by atoms with van der Waals surface area (Å²) in [5.41, 5.74) is 1.70. The molecule has 0 saturated carbocycles. The summed E-state index contributed by atoms with van der Waals surface area (Å²) < 4.78 is 27.7. The van der Waals surface area contributed by atoms with E-state index in [-0.39, 0.29) is 36.3 Å². The third kappa shape index (κ3) is 7.01. The SMILES string of the molecule is Cc1ccc(NC(=O)CN(C)C(=O)COC(=O)C[C@H]2CCS(=O)(=O)C2)cc1. The van der Waals surface area contributed by atoms with Crippen LogP contribution in [-0.2, 0) is 29.0 Å². The fourth-order valence-corrected chi connectivity index (χ4v) is 4.58. The van der Waals surface area contributed by atoms with E-state index < -0.39 is 28.3 Å². The molecule has 1 fully saturated rings. The number of anilines is 1. The van der Waals surface area contributed by atoms with Crippen LogP contribution in [0.1, 0.15) is 18.4 Å². The number of esters is 1. The monoisotopic (exact) mass is 396 g/mol. The number of hydrogen-bond donors (Lipinski definition) is 1. The molecule has 2 amide bonds. The predicted octanol–water partition coefficient (Wildman–Crippen LogP) is 0.760. The number of rotatable bonds is 7. The van der Waals surface area contributed by atoms with Gasteiger partial charge in [-0.05, 0) is 31.4 Å². The Hall–Kier alpha value is -2.42. The molecule has 1 atom stereocenters. The average Bonchev–Trinajstić information content (AvgIpc) is 2.93. The number of carbonyl (C=O) groups is 3. The number of aryl methyl sites for hydroxylation is 1. The smallest absolute Gasteiger partial charge is 0.306 e. The Morgan fingerprint density at radius 3 is 2.48 bits per heavy atom. The standard InChI is InChI=1S/C18H24N2O6S/c1-13-3-5-15(6-4-13)19-16(21)10-20(2)17(22)11-26-18(23)9-14-7-8-27(24,25)12-14/h3-6,14H,7-12H2,1-2H3,(H,19,21)/t14-/m1/s1. The molecule has 0 unspecified atom stereocenters. The molecule has 1 aromatic rings. The van der Waals surface area contributed by atoms with Gasteiger partial charge in [-0.25, -0.2) is 8.42 Å². The van der Waals surface area contributed by atoms with Crippen molar-refractivity contribution in [3.8, 4) is 0 Å². The molecule has 0 aromatic heterocycles. The summed E-state index contributed by atoms with van der Waals surface area (Å²) in [5, 5.41) is 2.68. The van der Waals surface area contributed by atoms with E-state index in [1.807, 2.05) is 19.1 Å². The van der Waals surface area contributed by atoms with Gasteiger partial charge in [0.05, 0.1) is 18.1 Å². The first kappa shape index (κ1) is 20.9. The van der Waals surface area contributed by atoms with Gasteiger partial charge in [-0.1, -0.05) is 17.7 Å². The summed E-state index contributed by atoms with van der Waals surface area (Å²) >= 11 is 0. The third-order valence-corrected chi connectivity index (χ3v) is 6.12. The van der Waals surface area contributed by atoms with Gasteiger partial charge in [0, 0.05) is 19.2 Å². The lowest BCUT2D eigenvalue weighted by Gasteiger charge is -2.17. The lowest BCUT2D eigenvalue weighted by atomic mass is 10.1. The first-order valence-electron chi connectivity index (χ1n) is 8.61. The minimum atomic E-state index is -3.05. The van der Waals surface area contributed by atoms with Crippen LogP contribution in [0.4, 0.5) is 5.69 Å². The molecule has 148 valence electrons. The summed E-state index contributed by atoms with van der Waals surface area (Å²) in [4.78, 5) is 36.9. The molecule has 1 aliphatic rings. The topological polar surface area (TPSA) is 110 Å². The van der Waals surface area contributed by atoms with Gasteiger partial charge in [-0.3, -0.25) is 14.4 Å². The number of nitrogens with one attached hydrogen (secondary N) is 1. The Kier molecular flexibility index (Phi) is 6.95. The summed E-state index contributed by atoms with van der Waals surface area (Å²) in [6, 6.07) is 7.25. The van der Waals surface area contributed by atoms with Crippen LogP contribution < -0.4 is 5.32 Å². The van der Waals surface area contributed by atoms with Gasteiger partial charge < -0.3 is 15.0 Å². The largest absolute Gasteiger partial charge is 0.456 e. The van der Waals surface area contributed by atoms with Gasteiger partial charge >= 0.3 is 5.97 Å². The van der Waals surface area contributed by atoms with Gasteiger partial charge in [0.1, 0.15) is 0 Å². The van der Waals surface area contributed by atoms with Gasteiger partial charge in [0.25, 0.3) is 5.91 Å². The van der Waals surface area contributed by atoms with E-state index >= 15 is 0 Å². The maximum atomic E-state index is 12.0. The average molecular weight is 396 g/mol. The molecule has 0 bridgehead atoms. The number of sulfone groups is 1. The first-order chi connectivity index (χ1) is 12.6. The highest BCUT2D eigenvalue weighted by molar-refractivity contribution is 7.91. The minimum absolute atomic E-state index is 0.0187. The number of hydrogen-bond acceptors (Lipinski definition) is 6. The summed E-state index contributed by atoms with van der Waals surface area (Å²) in [5.74, 6) is -1.67. The quantitative estimate of drug-likeness (QED) is 0.682. The van der Waals surface area contributed by atoms with Crippen molar-refractivity contribution in [2.75, 3.05) is 37.0 Å². The van der Waals surface area contributed by atoms with Crippen molar-refractivity contribution in [2.45, 2.75) is 19.8 Å². The molecule has 0 radical (unpaired) electrons. The molecule has 1 saturated heterocycles. The third-order valence-electron chi connectivity index (χ3n) is 4.28. The minimum Gasteiger partial charge on any atom is -0.456 e. The van der Waals surface area contributed by atoms with Gasteiger partial charge in [-0.15, -0.1) is 0 Å². The van der Waals surface area contributed by atoms with Gasteiger partial charge in [0.15, 0.2) is 16.4 Å². The number of carbonyl (C=O) groups excluding carboxylic acids is 3. The lowest BCUT2D eigenvalue weighted by molar-refractivity contribution is -0.152. The van der Waals surface area contributed by atoms with Gasteiger partial charge in [0.2, 0.25) is 5.91 Å². The van der Waals surface area contributed by atoms with E-state index in [0.29, 0.717) is 12.1 Å². The van der Waals surface area contributed by atoms with E-state index in [9.17, 15) is 22.8 Å². The molecule has 1 aliphatic heterocycles. The Morgan fingerprint density at radius 1 is 1.22 bits per heavy atom. The predicted molar refractivity (Wildman–Crippen MR) is 99.8 cm³/mol. The van der Waals surface area contributed by atoms with Crippen LogP contribution in [0, 0.1) is 12.8 Å². The van der Waals surface area contributed by atoms with Gasteiger partial charge in [-0.2, -0.15) is 0 Å². The molecular weight excluding hydrogens is 372 g/mol. The van der Waals surface area contributed by atoms with Crippen LogP contribution in [-0.4, -0.2) is 62.8 Å². The zero-order valence-electron chi connectivity index (χ0n) is 15.4. The zero-order valence-corrected chi connectivity index (χ0v) is 16.3. The number of benzene rings is 1. The highest BCUT2D eigenvalue weighted by Crippen LogP contribution is 2.21. The van der Waals surface area contributed by atoms with Crippen molar-refractivity contribution < 1.29 is 27.5 Å². The maximum absolute atomic E-state index is 12.0. The van der Waals surface area contributed by atoms with Crippen LogP contribution in [0.3, 0.4) is 0 Å². The van der Waals surface area contributed by atoms with Crippen molar-refractivity contribution >= 4 is 33.3 Å². The molecule has 9 heteroatoms. The van der Waals surface area contributed by atoms with Crippen LogP contribution in [0.25, 0.3) is 0 Å². The number of likely N-dealkylation sites (N-methyl/N-ethyl adjacent to an activating group) is 1. The van der Waals surface area contributed by atoms with Crippen molar-refractivity contribution in [2.24, 2.45) is 5.92 Å². The molecule has 8 nitrogen and oxygen atoms in total. The van der Waals surface area contributed by atoms with Crippen molar-refractivity contribution in [3.05, 3.63) is 29.8 Å². The number of amides is 2. The Balaban J connectivity index is 1.70.